The third kappa shape index (κ3) is 7.13. The van der Waals surface area contributed by atoms with Gasteiger partial charge in [-0.1, -0.05) is 24.3 Å². The number of hydrogen-bond acceptors (Lipinski definition) is 3. The second kappa shape index (κ2) is 12.7. The summed E-state index contributed by atoms with van der Waals surface area (Å²) < 4.78 is 33.0. The van der Waals surface area contributed by atoms with Gasteiger partial charge in [0.25, 0.3) is 5.91 Å². The van der Waals surface area contributed by atoms with Crippen molar-refractivity contribution < 1.29 is 18.3 Å². The van der Waals surface area contributed by atoms with Gasteiger partial charge in [-0.2, -0.15) is 0 Å². The highest BCUT2D eigenvalue weighted by Gasteiger charge is 2.28. The highest BCUT2D eigenvalue weighted by Crippen LogP contribution is 2.25. The first-order chi connectivity index (χ1) is 15.0. The lowest BCUT2D eigenvalue weighted by Crippen LogP contribution is -2.51. The van der Waals surface area contributed by atoms with E-state index in [-0.39, 0.29) is 54.1 Å². The van der Waals surface area contributed by atoms with Gasteiger partial charge in [-0.05, 0) is 43.7 Å². The van der Waals surface area contributed by atoms with Gasteiger partial charge in [-0.15, -0.1) is 24.0 Å². The number of nitrogens with one attached hydrogen (secondary N) is 2. The van der Waals surface area contributed by atoms with Gasteiger partial charge in [0.1, 0.15) is 17.7 Å². The maximum atomic E-state index is 13.7. The number of ether oxygens (including phenoxy) is 1. The molecule has 0 aromatic heterocycles. The molecule has 1 saturated heterocycles. The average molecular weight is 558 g/mol. The first kappa shape index (κ1) is 26.0. The van der Waals surface area contributed by atoms with Crippen LogP contribution in [0.3, 0.4) is 0 Å². The summed E-state index contributed by atoms with van der Waals surface area (Å²) in [6.07, 6.45) is -0.234. The van der Waals surface area contributed by atoms with E-state index in [2.05, 4.69) is 20.5 Å². The molecule has 32 heavy (non-hydrogen) atoms. The molecule has 6 nitrogen and oxygen atoms in total. The number of hydrogen-bond donors (Lipinski definition) is 2. The van der Waals surface area contributed by atoms with Gasteiger partial charge in [0, 0.05) is 19.6 Å². The summed E-state index contributed by atoms with van der Waals surface area (Å²) in [4.78, 5) is 18.8. The van der Waals surface area contributed by atoms with Gasteiger partial charge >= 0.3 is 0 Å². The number of aliphatic imine (C=N–C) groups is 1. The molecule has 2 aromatic carbocycles. The molecular weight excluding hydrogens is 529 g/mol. The highest BCUT2D eigenvalue weighted by atomic mass is 127. The van der Waals surface area contributed by atoms with Crippen molar-refractivity contribution >= 4 is 35.8 Å². The number of carbonyl (C=O) groups is 1. The van der Waals surface area contributed by atoms with Crippen molar-refractivity contribution in [3.63, 3.8) is 0 Å². The van der Waals surface area contributed by atoms with E-state index in [0.29, 0.717) is 32.1 Å². The number of rotatable bonds is 6. The summed E-state index contributed by atoms with van der Waals surface area (Å²) in [5.74, 6) is -0.581. The minimum atomic E-state index is -0.550. The van der Waals surface area contributed by atoms with E-state index < -0.39 is 11.7 Å². The second-order valence-corrected chi connectivity index (χ2v) is 7.36. The third-order valence-corrected chi connectivity index (χ3v) is 4.91. The van der Waals surface area contributed by atoms with Gasteiger partial charge in [0.2, 0.25) is 0 Å². The number of nitrogens with zero attached hydrogens (tertiary/aromatic N) is 2. The minimum Gasteiger partial charge on any atom is -0.367 e. The zero-order valence-corrected chi connectivity index (χ0v) is 20.5. The lowest BCUT2D eigenvalue weighted by molar-refractivity contribution is -0.0605. The minimum absolute atomic E-state index is 0. The number of guanidine groups is 1. The van der Waals surface area contributed by atoms with Crippen LogP contribution in [0, 0.1) is 11.6 Å². The summed E-state index contributed by atoms with van der Waals surface area (Å²) in [6, 6.07) is 12.2. The van der Waals surface area contributed by atoms with E-state index >= 15 is 0 Å². The molecule has 3 rings (SSSR count). The molecule has 2 N–H and O–H groups in total. The van der Waals surface area contributed by atoms with E-state index in [4.69, 9.17) is 4.74 Å². The van der Waals surface area contributed by atoms with Crippen molar-refractivity contribution in [2.24, 2.45) is 4.99 Å². The molecule has 0 spiro atoms. The van der Waals surface area contributed by atoms with Gasteiger partial charge in [0.15, 0.2) is 5.96 Å². The number of carbonyl (C=O) groups excluding carboxylic acids is 1. The Morgan fingerprint density at radius 2 is 1.84 bits per heavy atom. The van der Waals surface area contributed by atoms with Crippen LogP contribution in [-0.4, -0.2) is 55.6 Å². The fourth-order valence-electron chi connectivity index (χ4n) is 3.48. The van der Waals surface area contributed by atoms with E-state index in [1.807, 2.05) is 13.8 Å². The SMILES string of the molecule is CCNC(=NCCNC(=O)c1ccccc1F)N1CC(C)OC(c2ccc(F)cc2)C1.I. The molecule has 1 fully saturated rings. The van der Waals surface area contributed by atoms with Crippen LogP contribution in [0.5, 0.6) is 0 Å². The highest BCUT2D eigenvalue weighted by molar-refractivity contribution is 14.0. The Hall–Kier alpha value is -2.27. The molecule has 0 saturated carbocycles. The Morgan fingerprint density at radius 3 is 2.53 bits per heavy atom. The lowest BCUT2D eigenvalue weighted by atomic mass is 10.1. The maximum absolute atomic E-state index is 13.7. The smallest absolute Gasteiger partial charge is 0.254 e. The Labute approximate surface area is 204 Å². The van der Waals surface area contributed by atoms with Crippen molar-refractivity contribution in [2.45, 2.75) is 26.1 Å². The van der Waals surface area contributed by atoms with E-state index in [1.54, 1.807) is 24.3 Å². The van der Waals surface area contributed by atoms with Gasteiger partial charge in [-0.3, -0.25) is 9.79 Å². The van der Waals surface area contributed by atoms with Crippen molar-refractivity contribution in [2.75, 3.05) is 32.7 Å². The van der Waals surface area contributed by atoms with Gasteiger partial charge in [-0.25, -0.2) is 8.78 Å². The first-order valence-corrected chi connectivity index (χ1v) is 10.4. The Balaban J connectivity index is 0.00000363. The van der Waals surface area contributed by atoms with Crippen molar-refractivity contribution in [1.82, 2.24) is 15.5 Å². The Bertz CT molecular complexity index is 911. The monoisotopic (exact) mass is 558 g/mol. The predicted octanol–water partition coefficient (Wildman–Crippen LogP) is 3.74. The standard InChI is InChI=1S/C23H28F2N4O2.HI/c1-3-26-23(28-13-12-27-22(30)19-6-4-5-7-20(19)25)29-14-16(2)31-21(15-29)17-8-10-18(24)11-9-17;/h4-11,16,21H,3,12-15H2,1-2H3,(H,26,28)(H,27,30);1H. The van der Waals surface area contributed by atoms with E-state index in [0.717, 1.165) is 5.56 Å². The second-order valence-electron chi connectivity index (χ2n) is 7.36. The number of amides is 1. The maximum Gasteiger partial charge on any atom is 0.254 e. The molecule has 1 heterocycles. The van der Waals surface area contributed by atoms with Crippen LogP contribution in [-0.2, 0) is 4.74 Å². The quantitative estimate of drug-likeness (QED) is 0.246. The van der Waals surface area contributed by atoms with Crippen LogP contribution in [0.2, 0.25) is 0 Å². The molecule has 1 amide bonds. The van der Waals surface area contributed by atoms with Crippen LogP contribution in [0.15, 0.2) is 53.5 Å². The average Bonchev–Trinajstić information content (AvgIpc) is 2.76. The largest absolute Gasteiger partial charge is 0.367 e. The molecule has 2 atom stereocenters. The molecule has 0 aliphatic carbocycles. The van der Waals surface area contributed by atoms with E-state index in [9.17, 15) is 13.6 Å². The molecule has 1 aliphatic rings. The lowest BCUT2D eigenvalue weighted by Gasteiger charge is -2.38. The third-order valence-electron chi connectivity index (χ3n) is 4.91. The normalized spacial score (nSPS) is 18.6. The van der Waals surface area contributed by atoms with Gasteiger partial charge < -0.3 is 20.3 Å². The number of benzene rings is 2. The predicted molar refractivity (Wildman–Crippen MR) is 131 cm³/mol. The van der Waals surface area contributed by atoms with Crippen LogP contribution >= 0.6 is 24.0 Å². The van der Waals surface area contributed by atoms with Crippen LogP contribution in [0.25, 0.3) is 0 Å². The number of morpholine rings is 1. The number of halogens is 3. The molecule has 0 bridgehead atoms. The fourth-order valence-corrected chi connectivity index (χ4v) is 3.48. The molecule has 1 aliphatic heterocycles. The van der Waals surface area contributed by atoms with Crippen LogP contribution in [0.1, 0.15) is 35.9 Å². The summed E-state index contributed by atoms with van der Waals surface area (Å²) in [5, 5.41) is 5.97. The molecule has 9 heteroatoms. The summed E-state index contributed by atoms with van der Waals surface area (Å²) in [5.41, 5.74) is 0.925. The van der Waals surface area contributed by atoms with Crippen molar-refractivity contribution in [3.8, 4) is 0 Å². The summed E-state index contributed by atoms with van der Waals surface area (Å²) in [6.45, 7) is 6.51. The topological polar surface area (TPSA) is 66.0 Å². The molecular formula is C23H29F2IN4O2. The Morgan fingerprint density at radius 1 is 1.12 bits per heavy atom. The molecule has 2 unspecified atom stereocenters. The Kier molecular flexibility index (Phi) is 10.3. The van der Waals surface area contributed by atoms with Crippen LogP contribution in [0.4, 0.5) is 8.78 Å². The fraction of sp³-hybridized carbons (Fsp3) is 0.391. The summed E-state index contributed by atoms with van der Waals surface area (Å²) in [7, 11) is 0. The van der Waals surface area contributed by atoms with E-state index in [1.165, 1.54) is 24.3 Å². The van der Waals surface area contributed by atoms with Crippen LogP contribution < -0.4 is 10.6 Å². The molecule has 2 aromatic rings. The molecule has 0 radical (unpaired) electrons. The zero-order chi connectivity index (χ0) is 22.2. The summed E-state index contributed by atoms with van der Waals surface area (Å²) >= 11 is 0. The van der Waals surface area contributed by atoms with Gasteiger partial charge in [0.05, 0.1) is 24.8 Å². The van der Waals surface area contributed by atoms with Crippen molar-refractivity contribution in [1.29, 1.82) is 0 Å². The van der Waals surface area contributed by atoms with Crippen molar-refractivity contribution in [3.05, 3.63) is 71.3 Å². The first-order valence-electron chi connectivity index (χ1n) is 10.4. The zero-order valence-electron chi connectivity index (χ0n) is 18.2. The molecule has 174 valence electrons.